The number of ether oxygens (including phenoxy) is 1. The van der Waals surface area contributed by atoms with E-state index < -0.39 is 0 Å². The number of carbonyl (C=O) groups excluding carboxylic acids is 2. The minimum absolute atomic E-state index is 0.110. The van der Waals surface area contributed by atoms with Crippen LogP contribution >= 0.6 is 23.2 Å². The van der Waals surface area contributed by atoms with E-state index in [9.17, 15) is 9.59 Å². The molecule has 1 saturated heterocycles. The van der Waals surface area contributed by atoms with Gasteiger partial charge in [-0.25, -0.2) is 4.98 Å². The molecule has 0 spiro atoms. The van der Waals surface area contributed by atoms with Crippen LogP contribution in [-0.4, -0.2) is 54.0 Å². The summed E-state index contributed by atoms with van der Waals surface area (Å²) in [6.07, 6.45) is 0.000474. The molecule has 2 heterocycles. The first-order valence-corrected chi connectivity index (χ1v) is 12.4. The molecule has 2 amide bonds. The van der Waals surface area contributed by atoms with E-state index in [1.807, 2.05) is 24.3 Å². The second kappa shape index (κ2) is 11.9. The number of rotatable bonds is 8. The molecule has 36 heavy (non-hydrogen) atoms. The molecule has 0 aliphatic carbocycles. The Morgan fingerprint density at radius 3 is 2.64 bits per heavy atom. The third-order valence-corrected chi connectivity index (χ3v) is 6.55. The molecule has 1 aliphatic heterocycles. The number of benzene rings is 2. The monoisotopic (exact) mass is 530 g/mol. The van der Waals surface area contributed by atoms with Gasteiger partial charge in [0.15, 0.2) is 0 Å². The Balaban J connectivity index is 1.28. The lowest BCUT2D eigenvalue weighted by Gasteiger charge is -2.33. The molecule has 1 aliphatic rings. The van der Waals surface area contributed by atoms with Gasteiger partial charge >= 0.3 is 0 Å². The number of oxazole rings is 1. The first-order chi connectivity index (χ1) is 17.3. The van der Waals surface area contributed by atoms with Crippen molar-refractivity contribution in [2.75, 3.05) is 31.6 Å². The van der Waals surface area contributed by atoms with Crippen LogP contribution in [0.3, 0.4) is 0 Å². The molecule has 190 valence electrons. The number of hydrogen-bond donors (Lipinski definition) is 2. The maximum atomic E-state index is 12.6. The Kier molecular flexibility index (Phi) is 8.64. The zero-order valence-electron chi connectivity index (χ0n) is 20.1. The molecule has 1 aromatic heterocycles. The zero-order valence-corrected chi connectivity index (χ0v) is 21.7. The third-order valence-electron chi connectivity index (χ3n) is 5.81. The van der Waals surface area contributed by atoms with Gasteiger partial charge in [0, 0.05) is 44.4 Å². The number of anilines is 1. The summed E-state index contributed by atoms with van der Waals surface area (Å²) in [7, 11) is 0. The largest absolute Gasteiger partial charge is 0.441 e. The number of carbonyl (C=O) groups is 2. The number of hydrogen-bond acceptors (Lipinski definition) is 6. The molecule has 2 aromatic carbocycles. The van der Waals surface area contributed by atoms with Gasteiger partial charge in [0.2, 0.25) is 17.7 Å². The Labute approximate surface area is 219 Å². The Bertz CT molecular complexity index is 1230. The fourth-order valence-corrected chi connectivity index (χ4v) is 4.32. The van der Waals surface area contributed by atoms with Gasteiger partial charge in [-0.3, -0.25) is 14.5 Å². The van der Waals surface area contributed by atoms with E-state index in [1.54, 1.807) is 25.1 Å². The van der Waals surface area contributed by atoms with Crippen LogP contribution < -0.4 is 10.6 Å². The van der Waals surface area contributed by atoms with Crippen LogP contribution in [0.5, 0.6) is 0 Å². The maximum absolute atomic E-state index is 12.6. The van der Waals surface area contributed by atoms with E-state index in [1.165, 1.54) is 6.92 Å². The summed E-state index contributed by atoms with van der Waals surface area (Å²) >= 11 is 12.1. The fraction of sp³-hybridized carbons (Fsp3) is 0.346. The highest BCUT2D eigenvalue weighted by molar-refractivity contribution is 6.42. The van der Waals surface area contributed by atoms with Gasteiger partial charge in [0.25, 0.3) is 0 Å². The standard InChI is InChI=1S/C26H28Cl2N4O4/c1-16-24(31-26(36-16)19-4-6-20(7-5-19)30-17(2)33)12-25(34)29-13-21-15-32(9-10-35-21)14-18-3-8-22(27)23(28)11-18/h3-8,11,21H,9-10,12-15H2,1-2H3,(H,29,34)(H,30,33)/t21-/m0/s1. The van der Waals surface area contributed by atoms with Crippen LogP contribution in [0, 0.1) is 6.92 Å². The third kappa shape index (κ3) is 7.07. The number of nitrogens with zero attached hydrogens (tertiary/aromatic N) is 2. The van der Waals surface area contributed by atoms with Crippen molar-refractivity contribution < 1.29 is 18.7 Å². The van der Waals surface area contributed by atoms with Crippen molar-refractivity contribution in [2.24, 2.45) is 0 Å². The van der Waals surface area contributed by atoms with Crippen LogP contribution in [0.1, 0.15) is 23.9 Å². The predicted molar refractivity (Wildman–Crippen MR) is 139 cm³/mol. The van der Waals surface area contributed by atoms with Crippen LogP contribution in [0.25, 0.3) is 11.5 Å². The van der Waals surface area contributed by atoms with E-state index in [4.69, 9.17) is 32.4 Å². The lowest BCUT2D eigenvalue weighted by Crippen LogP contribution is -2.47. The highest BCUT2D eigenvalue weighted by atomic mass is 35.5. The second-order valence-corrected chi connectivity index (χ2v) is 9.55. The first kappa shape index (κ1) is 26.2. The molecule has 3 aromatic rings. The van der Waals surface area contributed by atoms with Gasteiger partial charge in [-0.05, 0) is 48.9 Å². The van der Waals surface area contributed by atoms with E-state index in [0.29, 0.717) is 52.8 Å². The number of aryl methyl sites for hydroxylation is 1. The van der Waals surface area contributed by atoms with E-state index in [-0.39, 0.29) is 24.3 Å². The number of nitrogens with one attached hydrogen (secondary N) is 2. The quantitative estimate of drug-likeness (QED) is 0.445. The average Bonchev–Trinajstić information content (AvgIpc) is 3.20. The molecule has 1 fully saturated rings. The molecule has 0 saturated carbocycles. The number of aromatic nitrogens is 1. The number of morpholine rings is 1. The summed E-state index contributed by atoms with van der Waals surface area (Å²) in [5.74, 6) is 0.732. The molecular formula is C26H28Cl2N4O4. The minimum atomic E-state index is -0.149. The minimum Gasteiger partial charge on any atom is -0.441 e. The molecule has 0 bridgehead atoms. The molecular weight excluding hydrogens is 503 g/mol. The van der Waals surface area contributed by atoms with Crippen molar-refractivity contribution in [1.82, 2.24) is 15.2 Å². The lowest BCUT2D eigenvalue weighted by molar-refractivity contribution is -0.121. The predicted octanol–water partition coefficient (Wildman–Crippen LogP) is 4.47. The number of amides is 2. The summed E-state index contributed by atoms with van der Waals surface area (Å²) in [5, 5.41) is 6.75. The van der Waals surface area contributed by atoms with Crippen molar-refractivity contribution in [3.05, 3.63) is 69.5 Å². The van der Waals surface area contributed by atoms with Crippen molar-refractivity contribution in [1.29, 1.82) is 0 Å². The van der Waals surface area contributed by atoms with Gasteiger partial charge in [0.05, 0.1) is 34.9 Å². The first-order valence-electron chi connectivity index (χ1n) is 11.7. The SMILES string of the molecule is CC(=O)Nc1ccc(-c2nc(CC(=O)NC[C@H]3CN(Cc4ccc(Cl)c(Cl)c4)CCO3)c(C)o2)cc1. The summed E-state index contributed by atoms with van der Waals surface area (Å²) in [6, 6.07) is 12.8. The Morgan fingerprint density at radius 1 is 1.14 bits per heavy atom. The lowest BCUT2D eigenvalue weighted by atomic mass is 10.2. The van der Waals surface area contributed by atoms with E-state index in [2.05, 4.69) is 20.5 Å². The Morgan fingerprint density at radius 2 is 1.92 bits per heavy atom. The molecule has 10 heteroatoms. The summed E-state index contributed by atoms with van der Waals surface area (Å²) in [5.41, 5.74) is 3.11. The van der Waals surface area contributed by atoms with Gasteiger partial charge in [0.1, 0.15) is 5.76 Å². The van der Waals surface area contributed by atoms with Gasteiger partial charge in [-0.1, -0.05) is 29.3 Å². The van der Waals surface area contributed by atoms with Crippen LogP contribution in [-0.2, 0) is 27.3 Å². The van der Waals surface area contributed by atoms with E-state index in [0.717, 1.165) is 24.2 Å². The van der Waals surface area contributed by atoms with Crippen LogP contribution in [0.15, 0.2) is 46.9 Å². The van der Waals surface area contributed by atoms with Gasteiger partial charge in [-0.2, -0.15) is 0 Å². The van der Waals surface area contributed by atoms with Crippen LogP contribution in [0.2, 0.25) is 10.0 Å². The average molecular weight is 531 g/mol. The number of halogens is 2. The molecule has 2 N–H and O–H groups in total. The van der Waals surface area contributed by atoms with Crippen LogP contribution in [0.4, 0.5) is 5.69 Å². The van der Waals surface area contributed by atoms with Gasteiger partial charge in [-0.15, -0.1) is 0 Å². The summed E-state index contributed by atoms with van der Waals surface area (Å²) in [4.78, 5) is 30.6. The highest BCUT2D eigenvalue weighted by Gasteiger charge is 2.22. The van der Waals surface area contributed by atoms with Crippen molar-refractivity contribution in [3.8, 4) is 11.5 Å². The summed E-state index contributed by atoms with van der Waals surface area (Å²) < 4.78 is 11.6. The molecule has 0 unspecified atom stereocenters. The molecule has 0 radical (unpaired) electrons. The normalized spacial score (nSPS) is 16.1. The van der Waals surface area contributed by atoms with Crippen molar-refractivity contribution in [3.63, 3.8) is 0 Å². The maximum Gasteiger partial charge on any atom is 0.226 e. The van der Waals surface area contributed by atoms with E-state index >= 15 is 0 Å². The molecule has 8 nitrogen and oxygen atoms in total. The van der Waals surface area contributed by atoms with Crippen molar-refractivity contribution >= 4 is 40.7 Å². The zero-order chi connectivity index (χ0) is 25.7. The van der Waals surface area contributed by atoms with Gasteiger partial charge < -0.3 is 19.8 Å². The smallest absolute Gasteiger partial charge is 0.226 e. The molecule has 1 atom stereocenters. The van der Waals surface area contributed by atoms with Crippen molar-refractivity contribution in [2.45, 2.75) is 32.9 Å². The summed E-state index contributed by atoms with van der Waals surface area (Å²) in [6.45, 7) is 6.48. The highest BCUT2D eigenvalue weighted by Crippen LogP contribution is 2.25. The molecule has 4 rings (SSSR count). The Hall–Kier alpha value is -2.91. The topological polar surface area (TPSA) is 96.7 Å². The fourth-order valence-electron chi connectivity index (χ4n) is 4.00. The second-order valence-electron chi connectivity index (χ2n) is 8.74.